The van der Waals surface area contributed by atoms with Crippen LogP contribution < -0.4 is 14.8 Å². The Hall–Kier alpha value is -2.00. The summed E-state index contributed by atoms with van der Waals surface area (Å²) < 4.78 is 10.8. The molecule has 0 spiro atoms. The Labute approximate surface area is 124 Å². The fourth-order valence-electron chi connectivity index (χ4n) is 3.26. The molecule has 0 saturated heterocycles. The van der Waals surface area contributed by atoms with Gasteiger partial charge in [0.05, 0.1) is 0 Å². The van der Waals surface area contributed by atoms with Gasteiger partial charge >= 0.3 is 0 Å². The molecule has 1 N–H and O–H groups in total. The molecule has 2 aliphatic rings. The summed E-state index contributed by atoms with van der Waals surface area (Å²) in [4.78, 5) is 0. The average molecular weight is 281 g/mol. The van der Waals surface area contributed by atoms with E-state index in [4.69, 9.17) is 9.47 Å². The summed E-state index contributed by atoms with van der Waals surface area (Å²) in [5, 5.41) is 3.69. The van der Waals surface area contributed by atoms with Crippen molar-refractivity contribution >= 4 is 0 Å². The van der Waals surface area contributed by atoms with Crippen molar-refractivity contribution in [3.8, 4) is 11.5 Å². The van der Waals surface area contributed by atoms with E-state index >= 15 is 0 Å². The quantitative estimate of drug-likeness (QED) is 0.932. The van der Waals surface area contributed by atoms with Crippen LogP contribution in [0.1, 0.15) is 35.6 Å². The summed E-state index contributed by atoms with van der Waals surface area (Å²) in [5.41, 5.74) is 4.19. The van der Waals surface area contributed by atoms with Gasteiger partial charge in [-0.25, -0.2) is 0 Å². The third kappa shape index (κ3) is 2.49. The number of rotatable bonds is 3. The molecule has 3 heteroatoms. The Morgan fingerprint density at radius 3 is 2.95 bits per heavy atom. The number of fused-ring (bicyclic) bond motifs is 2. The van der Waals surface area contributed by atoms with Crippen LogP contribution in [0.2, 0.25) is 0 Å². The molecule has 0 bridgehead atoms. The summed E-state index contributed by atoms with van der Waals surface area (Å²) in [5.74, 6) is 1.71. The molecule has 3 nitrogen and oxygen atoms in total. The van der Waals surface area contributed by atoms with Gasteiger partial charge in [-0.2, -0.15) is 0 Å². The molecule has 2 aromatic rings. The van der Waals surface area contributed by atoms with Crippen molar-refractivity contribution in [1.29, 1.82) is 0 Å². The highest BCUT2D eigenvalue weighted by molar-refractivity contribution is 5.44. The summed E-state index contributed by atoms with van der Waals surface area (Å²) in [6.07, 6.45) is 3.68. The molecule has 0 saturated carbocycles. The molecular formula is C18H19NO2. The van der Waals surface area contributed by atoms with Gasteiger partial charge in [-0.15, -0.1) is 0 Å². The van der Waals surface area contributed by atoms with Gasteiger partial charge < -0.3 is 14.8 Å². The third-order valence-electron chi connectivity index (χ3n) is 4.36. The van der Waals surface area contributed by atoms with Crippen molar-refractivity contribution in [2.24, 2.45) is 0 Å². The molecule has 0 fully saturated rings. The minimum absolute atomic E-state index is 0.336. The molecule has 1 atom stereocenters. The standard InChI is InChI=1S/C18H19NO2/c1-2-6-15-14(4-1)5-3-7-16(15)19-11-13-8-9-17-18(10-13)21-12-20-17/h1-2,4,6,8-10,16,19H,3,5,7,11-12H2/t16-/m0/s1. The Bertz CT molecular complexity index is 653. The van der Waals surface area contributed by atoms with Gasteiger partial charge in [0.2, 0.25) is 6.79 Å². The number of benzene rings is 2. The maximum absolute atomic E-state index is 5.44. The van der Waals surface area contributed by atoms with E-state index in [1.807, 2.05) is 6.07 Å². The molecule has 0 unspecified atom stereocenters. The predicted octanol–water partition coefficient (Wildman–Crippen LogP) is 3.58. The first-order valence-corrected chi connectivity index (χ1v) is 7.60. The topological polar surface area (TPSA) is 30.5 Å². The summed E-state index contributed by atoms with van der Waals surface area (Å²) in [6.45, 7) is 1.19. The molecular weight excluding hydrogens is 262 g/mol. The van der Waals surface area contributed by atoms with Crippen molar-refractivity contribution < 1.29 is 9.47 Å². The summed E-state index contributed by atoms with van der Waals surface area (Å²) in [7, 11) is 0. The first kappa shape index (κ1) is 12.7. The van der Waals surface area contributed by atoms with E-state index in [1.54, 1.807) is 0 Å². The molecule has 1 heterocycles. The van der Waals surface area contributed by atoms with Gasteiger partial charge in [-0.3, -0.25) is 0 Å². The minimum atomic E-state index is 0.336. The largest absolute Gasteiger partial charge is 0.454 e. The number of aryl methyl sites for hydroxylation is 1. The van der Waals surface area contributed by atoms with Crippen LogP contribution >= 0.6 is 0 Å². The zero-order valence-corrected chi connectivity index (χ0v) is 12.0. The number of hydrogen-bond acceptors (Lipinski definition) is 3. The van der Waals surface area contributed by atoms with Crippen LogP contribution in [0.4, 0.5) is 0 Å². The van der Waals surface area contributed by atoms with E-state index in [-0.39, 0.29) is 0 Å². The van der Waals surface area contributed by atoms with Gasteiger partial charge in [-0.1, -0.05) is 30.3 Å². The molecule has 0 radical (unpaired) electrons. The normalized spacial score (nSPS) is 19.3. The van der Waals surface area contributed by atoms with Crippen molar-refractivity contribution in [1.82, 2.24) is 5.32 Å². The Morgan fingerprint density at radius 1 is 1.05 bits per heavy atom. The van der Waals surface area contributed by atoms with Gasteiger partial charge in [0.25, 0.3) is 0 Å². The minimum Gasteiger partial charge on any atom is -0.454 e. The van der Waals surface area contributed by atoms with Gasteiger partial charge in [0.1, 0.15) is 0 Å². The maximum Gasteiger partial charge on any atom is 0.231 e. The highest BCUT2D eigenvalue weighted by atomic mass is 16.7. The van der Waals surface area contributed by atoms with Gasteiger partial charge in [0, 0.05) is 12.6 Å². The predicted molar refractivity (Wildman–Crippen MR) is 81.5 cm³/mol. The van der Waals surface area contributed by atoms with Crippen LogP contribution in [0.15, 0.2) is 42.5 Å². The summed E-state index contributed by atoms with van der Waals surface area (Å²) >= 11 is 0. The lowest BCUT2D eigenvalue weighted by atomic mass is 9.87. The van der Waals surface area contributed by atoms with Crippen molar-refractivity contribution in [2.45, 2.75) is 31.8 Å². The van der Waals surface area contributed by atoms with Crippen LogP contribution in [0, 0.1) is 0 Å². The van der Waals surface area contributed by atoms with Crippen molar-refractivity contribution in [3.05, 3.63) is 59.2 Å². The second kappa shape index (κ2) is 5.41. The van der Waals surface area contributed by atoms with Crippen LogP contribution in [-0.2, 0) is 13.0 Å². The third-order valence-corrected chi connectivity index (χ3v) is 4.36. The molecule has 2 aromatic carbocycles. The second-order valence-corrected chi connectivity index (χ2v) is 5.71. The van der Waals surface area contributed by atoms with E-state index in [1.165, 1.54) is 36.0 Å². The molecule has 1 aliphatic heterocycles. The molecule has 4 rings (SSSR count). The van der Waals surface area contributed by atoms with E-state index in [2.05, 4.69) is 41.7 Å². The Kier molecular flexibility index (Phi) is 3.28. The van der Waals surface area contributed by atoms with E-state index in [0.717, 1.165) is 18.0 Å². The van der Waals surface area contributed by atoms with Crippen LogP contribution in [0.5, 0.6) is 11.5 Å². The van der Waals surface area contributed by atoms with Gasteiger partial charge in [-0.05, 0) is 48.1 Å². The highest BCUT2D eigenvalue weighted by Gasteiger charge is 2.19. The smallest absolute Gasteiger partial charge is 0.231 e. The van der Waals surface area contributed by atoms with Crippen molar-refractivity contribution in [3.63, 3.8) is 0 Å². The molecule has 0 aromatic heterocycles. The number of ether oxygens (including phenoxy) is 2. The zero-order chi connectivity index (χ0) is 14.1. The Balaban J connectivity index is 1.48. The number of hydrogen-bond donors (Lipinski definition) is 1. The van der Waals surface area contributed by atoms with Crippen molar-refractivity contribution in [2.75, 3.05) is 6.79 Å². The lowest BCUT2D eigenvalue weighted by molar-refractivity contribution is 0.174. The van der Waals surface area contributed by atoms with Crippen LogP contribution in [0.3, 0.4) is 0 Å². The Morgan fingerprint density at radius 2 is 1.95 bits per heavy atom. The molecule has 1 aliphatic carbocycles. The fourth-order valence-corrected chi connectivity index (χ4v) is 3.26. The first-order valence-electron chi connectivity index (χ1n) is 7.60. The molecule has 21 heavy (non-hydrogen) atoms. The molecule has 108 valence electrons. The first-order chi connectivity index (χ1) is 10.4. The lowest BCUT2D eigenvalue weighted by Crippen LogP contribution is -2.24. The number of nitrogens with one attached hydrogen (secondary N) is 1. The van der Waals surface area contributed by atoms with E-state index in [9.17, 15) is 0 Å². The average Bonchev–Trinajstić information content (AvgIpc) is 3.00. The van der Waals surface area contributed by atoms with E-state index < -0.39 is 0 Å². The molecule has 0 amide bonds. The van der Waals surface area contributed by atoms with Crippen LogP contribution in [-0.4, -0.2) is 6.79 Å². The lowest BCUT2D eigenvalue weighted by Gasteiger charge is -2.26. The maximum atomic E-state index is 5.44. The SMILES string of the molecule is c1ccc2c(c1)CCC[C@@H]2NCc1ccc2c(c1)OCO2. The zero-order valence-electron chi connectivity index (χ0n) is 12.0. The van der Waals surface area contributed by atoms with E-state index in [0.29, 0.717) is 12.8 Å². The van der Waals surface area contributed by atoms with Crippen LogP contribution in [0.25, 0.3) is 0 Å². The fraction of sp³-hybridized carbons (Fsp3) is 0.333. The summed E-state index contributed by atoms with van der Waals surface area (Å²) in [6, 6.07) is 15.4. The highest BCUT2D eigenvalue weighted by Crippen LogP contribution is 2.33. The monoisotopic (exact) mass is 281 g/mol. The second-order valence-electron chi connectivity index (χ2n) is 5.71. The van der Waals surface area contributed by atoms with Gasteiger partial charge in [0.15, 0.2) is 11.5 Å².